The summed E-state index contributed by atoms with van der Waals surface area (Å²) in [6.45, 7) is 4.80. The van der Waals surface area contributed by atoms with E-state index in [4.69, 9.17) is 0 Å². The standard InChI is InChI=1S/C9H21O7P/c1-4-7(10)14-17(13,15-8(11)5-2)16-9(12)6-3/h7-12H,4-6H2,1-3H3. The summed E-state index contributed by atoms with van der Waals surface area (Å²) in [5, 5.41) is 27.7. The molecule has 3 unspecified atom stereocenters. The number of aliphatic hydroxyl groups excluding tert-OH is 3. The van der Waals surface area contributed by atoms with Crippen molar-refractivity contribution in [3.8, 4) is 0 Å². The zero-order valence-corrected chi connectivity index (χ0v) is 11.2. The van der Waals surface area contributed by atoms with Crippen molar-refractivity contribution < 1.29 is 33.5 Å². The van der Waals surface area contributed by atoms with Crippen LogP contribution in [0.2, 0.25) is 0 Å². The molecule has 0 saturated heterocycles. The molecular weight excluding hydrogens is 251 g/mol. The van der Waals surface area contributed by atoms with Gasteiger partial charge in [0.15, 0.2) is 18.9 Å². The molecule has 0 aliphatic rings. The maximum atomic E-state index is 12.0. The third kappa shape index (κ3) is 7.10. The number of rotatable bonds is 9. The molecule has 0 heterocycles. The molecule has 8 heteroatoms. The second kappa shape index (κ2) is 8.16. The number of phosphoric ester groups is 1. The Morgan fingerprint density at radius 1 is 0.824 bits per heavy atom. The normalized spacial score (nSPS) is 20.6. The van der Waals surface area contributed by atoms with Crippen molar-refractivity contribution in [2.45, 2.75) is 58.9 Å². The fourth-order valence-corrected chi connectivity index (χ4v) is 2.24. The molecule has 0 fully saturated rings. The van der Waals surface area contributed by atoms with E-state index in [-0.39, 0.29) is 19.3 Å². The van der Waals surface area contributed by atoms with Gasteiger partial charge < -0.3 is 15.3 Å². The third-order valence-corrected chi connectivity index (χ3v) is 3.30. The van der Waals surface area contributed by atoms with Crippen LogP contribution in [0.25, 0.3) is 0 Å². The predicted octanol–water partition coefficient (Wildman–Crippen LogP) is 1.33. The van der Waals surface area contributed by atoms with E-state index in [2.05, 4.69) is 13.6 Å². The average Bonchev–Trinajstić information content (AvgIpc) is 2.27. The zero-order valence-electron chi connectivity index (χ0n) is 10.3. The van der Waals surface area contributed by atoms with Crippen LogP contribution in [0.4, 0.5) is 0 Å². The predicted molar refractivity (Wildman–Crippen MR) is 59.8 cm³/mol. The van der Waals surface area contributed by atoms with Gasteiger partial charge in [0.1, 0.15) is 0 Å². The summed E-state index contributed by atoms with van der Waals surface area (Å²) in [5.41, 5.74) is 0. The van der Waals surface area contributed by atoms with Crippen LogP contribution in [0.3, 0.4) is 0 Å². The molecule has 0 aliphatic carbocycles. The molecule has 0 aromatic heterocycles. The van der Waals surface area contributed by atoms with Gasteiger partial charge in [-0.05, 0) is 19.3 Å². The van der Waals surface area contributed by atoms with Crippen LogP contribution in [0.5, 0.6) is 0 Å². The second-order valence-electron chi connectivity index (χ2n) is 3.35. The first-order valence-corrected chi connectivity index (χ1v) is 7.02. The van der Waals surface area contributed by atoms with Crippen molar-refractivity contribution in [3.63, 3.8) is 0 Å². The summed E-state index contributed by atoms with van der Waals surface area (Å²) in [6.07, 6.45) is -3.56. The summed E-state index contributed by atoms with van der Waals surface area (Å²) >= 11 is 0. The lowest BCUT2D eigenvalue weighted by molar-refractivity contribution is -0.120. The molecule has 3 atom stereocenters. The summed E-state index contributed by atoms with van der Waals surface area (Å²) in [4.78, 5) is 0. The maximum absolute atomic E-state index is 12.0. The van der Waals surface area contributed by atoms with Crippen molar-refractivity contribution >= 4 is 7.82 Å². The Balaban J connectivity index is 4.62. The Kier molecular flexibility index (Phi) is 8.15. The molecule has 7 nitrogen and oxygen atoms in total. The van der Waals surface area contributed by atoms with Crippen molar-refractivity contribution in [1.82, 2.24) is 0 Å². The van der Waals surface area contributed by atoms with Crippen molar-refractivity contribution in [1.29, 1.82) is 0 Å². The van der Waals surface area contributed by atoms with Crippen LogP contribution >= 0.6 is 7.82 Å². The summed E-state index contributed by atoms with van der Waals surface area (Å²) in [6, 6.07) is 0. The topological polar surface area (TPSA) is 105 Å². The SMILES string of the molecule is CCC(O)OP(=O)(OC(O)CC)OC(O)CC. The first-order valence-electron chi connectivity index (χ1n) is 5.56. The van der Waals surface area contributed by atoms with Gasteiger partial charge in [-0.15, -0.1) is 0 Å². The van der Waals surface area contributed by atoms with E-state index in [1.165, 1.54) is 0 Å². The van der Waals surface area contributed by atoms with Gasteiger partial charge >= 0.3 is 7.82 Å². The van der Waals surface area contributed by atoms with E-state index in [1.54, 1.807) is 20.8 Å². The van der Waals surface area contributed by atoms with Gasteiger partial charge in [0, 0.05) is 0 Å². The van der Waals surface area contributed by atoms with Crippen LogP contribution in [-0.2, 0) is 18.1 Å². The van der Waals surface area contributed by atoms with E-state index < -0.39 is 26.7 Å². The molecule has 0 aromatic carbocycles. The lowest BCUT2D eigenvalue weighted by Crippen LogP contribution is -2.19. The van der Waals surface area contributed by atoms with Crippen LogP contribution in [0, 0.1) is 0 Å². The third-order valence-electron chi connectivity index (χ3n) is 1.80. The first-order chi connectivity index (χ1) is 7.86. The minimum Gasteiger partial charge on any atom is -0.367 e. The first kappa shape index (κ1) is 17.0. The molecule has 0 spiro atoms. The molecule has 0 bridgehead atoms. The largest absolute Gasteiger partial charge is 0.481 e. The lowest BCUT2D eigenvalue weighted by Gasteiger charge is -2.24. The summed E-state index contributed by atoms with van der Waals surface area (Å²) in [5.74, 6) is 0. The molecule has 0 radical (unpaired) electrons. The minimum absolute atomic E-state index is 0.168. The smallest absolute Gasteiger partial charge is 0.367 e. The van der Waals surface area contributed by atoms with Gasteiger partial charge in [0.05, 0.1) is 0 Å². The molecular formula is C9H21O7P. The van der Waals surface area contributed by atoms with Crippen molar-refractivity contribution in [2.24, 2.45) is 0 Å². The molecule has 17 heavy (non-hydrogen) atoms. The highest BCUT2D eigenvalue weighted by molar-refractivity contribution is 7.48. The van der Waals surface area contributed by atoms with Gasteiger partial charge in [-0.3, -0.25) is 13.6 Å². The number of hydrogen-bond acceptors (Lipinski definition) is 7. The lowest BCUT2D eigenvalue weighted by atomic mass is 10.5. The van der Waals surface area contributed by atoms with Gasteiger partial charge in [-0.25, -0.2) is 4.57 Å². The zero-order chi connectivity index (χ0) is 13.5. The summed E-state index contributed by atoms with van der Waals surface area (Å²) in [7, 11) is -4.19. The Bertz CT molecular complexity index is 209. The van der Waals surface area contributed by atoms with Gasteiger partial charge in [-0.1, -0.05) is 20.8 Å². The Labute approximate surface area is 101 Å². The van der Waals surface area contributed by atoms with Gasteiger partial charge in [0.25, 0.3) is 0 Å². The van der Waals surface area contributed by atoms with E-state index in [0.717, 1.165) is 0 Å². The Hall–Kier alpha value is -0.0100. The molecule has 0 aliphatic heterocycles. The number of hydrogen-bond donors (Lipinski definition) is 3. The number of aliphatic hydroxyl groups is 3. The highest BCUT2D eigenvalue weighted by Gasteiger charge is 2.34. The monoisotopic (exact) mass is 272 g/mol. The fourth-order valence-electron chi connectivity index (χ4n) is 0.745. The van der Waals surface area contributed by atoms with Gasteiger partial charge in [-0.2, -0.15) is 0 Å². The molecule has 3 N–H and O–H groups in total. The van der Waals surface area contributed by atoms with Crippen LogP contribution < -0.4 is 0 Å². The second-order valence-corrected chi connectivity index (χ2v) is 4.88. The van der Waals surface area contributed by atoms with E-state index in [1.807, 2.05) is 0 Å². The minimum atomic E-state index is -4.19. The van der Waals surface area contributed by atoms with Crippen LogP contribution in [0.15, 0.2) is 0 Å². The highest BCUT2D eigenvalue weighted by atomic mass is 31.2. The molecule has 0 saturated carbocycles. The van der Waals surface area contributed by atoms with Crippen molar-refractivity contribution in [3.05, 3.63) is 0 Å². The highest BCUT2D eigenvalue weighted by Crippen LogP contribution is 2.52. The van der Waals surface area contributed by atoms with E-state index in [9.17, 15) is 19.9 Å². The van der Waals surface area contributed by atoms with Crippen LogP contribution in [0.1, 0.15) is 40.0 Å². The maximum Gasteiger partial charge on any atom is 0.481 e. The quantitative estimate of drug-likeness (QED) is 0.429. The fraction of sp³-hybridized carbons (Fsp3) is 1.00. The van der Waals surface area contributed by atoms with Crippen molar-refractivity contribution in [2.75, 3.05) is 0 Å². The Morgan fingerprint density at radius 3 is 1.24 bits per heavy atom. The average molecular weight is 272 g/mol. The Morgan fingerprint density at radius 2 is 1.06 bits per heavy atom. The van der Waals surface area contributed by atoms with Gasteiger partial charge in [0.2, 0.25) is 0 Å². The molecule has 0 aromatic rings. The summed E-state index contributed by atoms with van der Waals surface area (Å²) < 4.78 is 26.0. The van der Waals surface area contributed by atoms with E-state index in [0.29, 0.717) is 0 Å². The van der Waals surface area contributed by atoms with E-state index >= 15 is 0 Å². The van der Waals surface area contributed by atoms with Crippen LogP contribution in [-0.4, -0.2) is 34.2 Å². The molecule has 0 amide bonds. The number of phosphoric acid groups is 1. The molecule has 0 rings (SSSR count). The molecule has 104 valence electrons.